The molecule has 1 N–H and O–H groups in total. The number of benzene rings is 1. The van der Waals surface area contributed by atoms with Gasteiger partial charge in [-0.1, -0.05) is 0 Å². The van der Waals surface area contributed by atoms with Gasteiger partial charge in [0.05, 0.1) is 25.0 Å². The Morgan fingerprint density at radius 2 is 1.81 bits per heavy atom. The number of piperidine rings is 1. The molecular weight excluding hydrogens is 423 g/mol. The molecule has 0 aliphatic carbocycles. The minimum absolute atomic E-state index is 0.171. The van der Waals surface area contributed by atoms with Gasteiger partial charge in [0.2, 0.25) is 5.95 Å². The molecular formula is C21H22F3N7O. The van der Waals surface area contributed by atoms with E-state index in [-0.39, 0.29) is 11.6 Å². The highest BCUT2D eigenvalue weighted by atomic mass is 19.4. The number of alkyl halides is 3. The second-order valence-electron chi connectivity index (χ2n) is 8.09. The minimum atomic E-state index is -4.46. The first-order valence-corrected chi connectivity index (χ1v) is 10.5. The van der Waals surface area contributed by atoms with Crippen molar-refractivity contribution in [1.29, 1.82) is 0 Å². The van der Waals surface area contributed by atoms with Gasteiger partial charge in [0.25, 0.3) is 0 Å². The van der Waals surface area contributed by atoms with Crippen LogP contribution in [0, 0.1) is 11.8 Å². The van der Waals surface area contributed by atoms with Crippen LogP contribution in [0.4, 0.5) is 30.5 Å². The lowest BCUT2D eigenvalue weighted by atomic mass is 9.83. The standard InChI is InChI=1S/C21H22F3N7O/c22-21(23,24)16-7-17(28-20-27-13-31(29-20)19-10-25-3-4-26-19)9-18(8-16)30-5-1-14(2-6-30)15-11-32-12-15/h3-4,7-10,13-15H,1-2,5-6,11-12H2,(H,28,29). The maximum Gasteiger partial charge on any atom is 0.416 e. The van der Waals surface area contributed by atoms with E-state index in [1.807, 2.05) is 4.90 Å². The molecule has 0 bridgehead atoms. The molecule has 32 heavy (non-hydrogen) atoms. The molecule has 0 unspecified atom stereocenters. The van der Waals surface area contributed by atoms with Crippen LogP contribution >= 0.6 is 0 Å². The van der Waals surface area contributed by atoms with Crippen LogP contribution in [0.25, 0.3) is 5.82 Å². The third-order valence-corrected chi connectivity index (χ3v) is 6.01. The summed E-state index contributed by atoms with van der Waals surface area (Å²) >= 11 is 0. The number of hydrogen-bond donors (Lipinski definition) is 1. The van der Waals surface area contributed by atoms with E-state index in [4.69, 9.17) is 4.74 Å². The first-order valence-electron chi connectivity index (χ1n) is 10.5. The molecule has 5 rings (SSSR count). The van der Waals surface area contributed by atoms with E-state index < -0.39 is 11.7 Å². The summed E-state index contributed by atoms with van der Waals surface area (Å²) in [6.45, 7) is 3.05. The smallest absolute Gasteiger partial charge is 0.381 e. The topological polar surface area (TPSA) is 81.0 Å². The number of rotatable bonds is 5. The summed E-state index contributed by atoms with van der Waals surface area (Å²) in [4.78, 5) is 14.2. The lowest BCUT2D eigenvalue weighted by molar-refractivity contribution is -0.137. The summed E-state index contributed by atoms with van der Waals surface area (Å²) in [6, 6.07) is 4.00. The maximum atomic E-state index is 13.6. The fourth-order valence-corrected chi connectivity index (χ4v) is 4.15. The van der Waals surface area contributed by atoms with Gasteiger partial charge >= 0.3 is 6.18 Å². The van der Waals surface area contributed by atoms with Crippen molar-refractivity contribution in [2.75, 3.05) is 36.5 Å². The highest BCUT2D eigenvalue weighted by Gasteiger charge is 2.34. The van der Waals surface area contributed by atoms with E-state index in [1.54, 1.807) is 6.07 Å². The molecule has 0 spiro atoms. The largest absolute Gasteiger partial charge is 0.416 e. The average molecular weight is 445 g/mol. The van der Waals surface area contributed by atoms with Gasteiger partial charge in [-0.2, -0.15) is 22.8 Å². The Hall–Kier alpha value is -3.21. The molecule has 0 atom stereocenters. The number of hydrogen-bond acceptors (Lipinski definition) is 7. The SMILES string of the molecule is FC(F)(F)c1cc(Nc2ncn(-c3cnccn3)n2)cc(N2CCC(C3COC3)CC2)c1. The van der Waals surface area contributed by atoms with E-state index in [0.717, 1.165) is 45.2 Å². The highest BCUT2D eigenvalue weighted by molar-refractivity contribution is 5.64. The first-order chi connectivity index (χ1) is 15.5. The molecule has 2 fully saturated rings. The van der Waals surface area contributed by atoms with Crippen molar-refractivity contribution < 1.29 is 17.9 Å². The fourth-order valence-electron chi connectivity index (χ4n) is 4.15. The molecule has 4 heterocycles. The summed E-state index contributed by atoms with van der Waals surface area (Å²) in [5.74, 6) is 1.80. The van der Waals surface area contributed by atoms with E-state index in [1.165, 1.54) is 35.7 Å². The van der Waals surface area contributed by atoms with Crippen LogP contribution in [-0.2, 0) is 10.9 Å². The number of aromatic nitrogens is 5. The zero-order valence-corrected chi connectivity index (χ0v) is 17.2. The molecule has 2 saturated heterocycles. The van der Waals surface area contributed by atoms with E-state index in [0.29, 0.717) is 23.3 Å². The predicted octanol–water partition coefficient (Wildman–Crippen LogP) is 3.68. The lowest BCUT2D eigenvalue weighted by Gasteiger charge is -2.40. The molecule has 0 radical (unpaired) electrons. The normalized spacial score (nSPS) is 17.9. The molecule has 2 aliphatic rings. The quantitative estimate of drug-likeness (QED) is 0.642. The van der Waals surface area contributed by atoms with Crippen LogP contribution in [0.1, 0.15) is 18.4 Å². The van der Waals surface area contributed by atoms with Crippen LogP contribution in [0.15, 0.2) is 43.1 Å². The molecule has 3 aromatic rings. The van der Waals surface area contributed by atoms with Crippen molar-refractivity contribution in [3.8, 4) is 5.82 Å². The summed E-state index contributed by atoms with van der Waals surface area (Å²) in [5, 5.41) is 7.14. The van der Waals surface area contributed by atoms with Gasteiger partial charge in [-0.25, -0.2) is 4.98 Å². The van der Waals surface area contributed by atoms with Crippen LogP contribution in [0.5, 0.6) is 0 Å². The van der Waals surface area contributed by atoms with E-state index in [2.05, 4.69) is 25.4 Å². The number of halogens is 3. The first kappa shape index (κ1) is 20.7. The van der Waals surface area contributed by atoms with Crippen molar-refractivity contribution in [3.05, 3.63) is 48.7 Å². The molecule has 2 aliphatic heterocycles. The van der Waals surface area contributed by atoms with Crippen molar-refractivity contribution in [3.63, 3.8) is 0 Å². The number of ether oxygens (including phenoxy) is 1. The minimum Gasteiger partial charge on any atom is -0.381 e. The maximum absolute atomic E-state index is 13.6. The Bertz CT molecular complexity index is 1060. The molecule has 0 saturated carbocycles. The second kappa shape index (κ2) is 8.38. The van der Waals surface area contributed by atoms with Gasteiger partial charge in [-0.05, 0) is 37.0 Å². The summed E-state index contributed by atoms with van der Waals surface area (Å²) in [7, 11) is 0. The number of nitrogens with zero attached hydrogens (tertiary/aromatic N) is 6. The Morgan fingerprint density at radius 1 is 1.00 bits per heavy atom. The molecule has 0 amide bonds. The van der Waals surface area contributed by atoms with Crippen LogP contribution in [-0.4, -0.2) is 51.0 Å². The summed E-state index contributed by atoms with van der Waals surface area (Å²) < 4.78 is 47.5. The average Bonchev–Trinajstić information content (AvgIpc) is 3.21. The number of anilines is 3. The van der Waals surface area contributed by atoms with Gasteiger partial charge in [0.1, 0.15) is 6.33 Å². The third kappa shape index (κ3) is 4.38. The van der Waals surface area contributed by atoms with Gasteiger partial charge in [0, 0.05) is 42.8 Å². The lowest BCUT2D eigenvalue weighted by Crippen LogP contribution is -2.42. The highest BCUT2D eigenvalue weighted by Crippen LogP contribution is 2.37. The zero-order chi connectivity index (χ0) is 22.1. The van der Waals surface area contributed by atoms with Crippen LogP contribution < -0.4 is 10.2 Å². The number of nitrogens with one attached hydrogen (secondary N) is 1. The van der Waals surface area contributed by atoms with Crippen LogP contribution in [0.3, 0.4) is 0 Å². The van der Waals surface area contributed by atoms with Gasteiger partial charge in [0.15, 0.2) is 5.82 Å². The second-order valence-corrected chi connectivity index (χ2v) is 8.09. The van der Waals surface area contributed by atoms with E-state index >= 15 is 0 Å². The van der Waals surface area contributed by atoms with Gasteiger partial charge in [-0.3, -0.25) is 4.98 Å². The predicted molar refractivity (Wildman–Crippen MR) is 111 cm³/mol. The van der Waals surface area contributed by atoms with Crippen molar-refractivity contribution in [1.82, 2.24) is 24.7 Å². The Kier molecular flexibility index (Phi) is 5.41. The third-order valence-electron chi connectivity index (χ3n) is 6.01. The fraction of sp³-hybridized carbons (Fsp3) is 0.429. The molecule has 168 valence electrons. The van der Waals surface area contributed by atoms with Crippen LogP contribution in [0.2, 0.25) is 0 Å². The van der Waals surface area contributed by atoms with E-state index in [9.17, 15) is 13.2 Å². The molecule has 1 aromatic carbocycles. The van der Waals surface area contributed by atoms with Gasteiger partial charge < -0.3 is 15.0 Å². The molecule has 11 heteroatoms. The van der Waals surface area contributed by atoms with Crippen molar-refractivity contribution in [2.24, 2.45) is 11.8 Å². The molecule has 8 nitrogen and oxygen atoms in total. The van der Waals surface area contributed by atoms with Gasteiger partial charge in [-0.15, -0.1) is 5.10 Å². The zero-order valence-electron chi connectivity index (χ0n) is 17.2. The van der Waals surface area contributed by atoms with Crippen molar-refractivity contribution in [2.45, 2.75) is 19.0 Å². The van der Waals surface area contributed by atoms with Crippen molar-refractivity contribution >= 4 is 17.3 Å². The summed E-state index contributed by atoms with van der Waals surface area (Å²) in [6.07, 6.45) is 3.45. The Morgan fingerprint density at radius 3 is 2.47 bits per heavy atom. The Balaban J connectivity index is 1.36. The molecule has 2 aromatic heterocycles. The summed E-state index contributed by atoms with van der Waals surface area (Å²) in [5.41, 5.74) is 0.112. The Labute approximate surface area is 182 Å². The monoisotopic (exact) mass is 445 g/mol.